The molecule has 106 valence electrons. The van der Waals surface area contributed by atoms with Crippen LogP contribution in [0.3, 0.4) is 0 Å². The van der Waals surface area contributed by atoms with Gasteiger partial charge in [-0.2, -0.15) is 0 Å². The average molecular weight is 293 g/mol. The second-order valence-electron chi connectivity index (χ2n) is 4.38. The van der Waals surface area contributed by atoms with Gasteiger partial charge in [-0.05, 0) is 11.4 Å². The Bertz CT molecular complexity index is 602. The fourth-order valence-electron chi connectivity index (χ4n) is 2.24. The van der Waals surface area contributed by atoms with Crippen LogP contribution in [0.5, 0.6) is 0 Å². The summed E-state index contributed by atoms with van der Waals surface area (Å²) in [5.74, 6) is -0.336. The molecule has 1 atom stereocenters. The first kappa shape index (κ1) is 13.3. The molecule has 0 saturated carbocycles. The van der Waals surface area contributed by atoms with Gasteiger partial charge < -0.3 is 14.8 Å². The van der Waals surface area contributed by atoms with E-state index in [0.717, 1.165) is 24.5 Å². The third-order valence-electron chi connectivity index (χ3n) is 3.20. The van der Waals surface area contributed by atoms with Crippen molar-refractivity contribution in [3.05, 3.63) is 34.5 Å². The number of thiophene rings is 1. The maximum absolute atomic E-state index is 11.8. The summed E-state index contributed by atoms with van der Waals surface area (Å²) < 4.78 is 12.5. The number of imidazole rings is 1. The first-order valence-electron chi connectivity index (χ1n) is 6.32. The zero-order chi connectivity index (χ0) is 13.9. The number of rotatable bonds is 3. The topological polar surface area (TPSA) is 65.4 Å². The maximum atomic E-state index is 11.8. The highest BCUT2D eigenvalue weighted by Gasteiger charge is 2.23. The summed E-state index contributed by atoms with van der Waals surface area (Å²) >= 11 is 1.36. The van der Waals surface area contributed by atoms with E-state index in [1.54, 1.807) is 12.5 Å². The van der Waals surface area contributed by atoms with Crippen LogP contribution in [0.25, 0.3) is 5.69 Å². The molecule has 0 bridgehead atoms. The van der Waals surface area contributed by atoms with E-state index < -0.39 is 0 Å². The van der Waals surface area contributed by atoms with Gasteiger partial charge in [-0.25, -0.2) is 9.78 Å². The summed E-state index contributed by atoms with van der Waals surface area (Å²) in [6.07, 6.45) is 3.41. The van der Waals surface area contributed by atoms with Gasteiger partial charge in [0.15, 0.2) is 0 Å². The van der Waals surface area contributed by atoms with E-state index in [1.165, 1.54) is 18.4 Å². The summed E-state index contributed by atoms with van der Waals surface area (Å²) in [6.45, 7) is 2.27. The fourth-order valence-corrected chi connectivity index (χ4v) is 3.04. The monoisotopic (exact) mass is 293 g/mol. The van der Waals surface area contributed by atoms with Gasteiger partial charge >= 0.3 is 5.97 Å². The quantitative estimate of drug-likeness (QED) is 0.866. The molecule has 0 aliphatic carbocycles. The van der Waals surface area contributed by atoms with Crippen molar-refractivity contribution in [2.75, 3.05) is 26.8 Å². The van der Waals surface area contributed by atoms with Gasteiger partial charge in [-0.1, -0.05) is 0 Å². The molecule has 1 aliphatic heterocycles. The van der Waals surface area contributed by atoms with E-state index in [9.17, 15) is 4.79 Å². The molecule has 0 spiro atoms. The summed E-state index contributed by atoms with van der Waals surface area (Å²) in [6, 6.07) is 1.89. The largest absolute Gasteiger partial charge is 0.465 e. The molecule has 6 nitrogen and oxygen atoms in total. The van der Waals surface area contributed by atoms with Gasteiger partial charge in [-0.3, -0.25) is 4.57 Å². The summed E-state index contributed by atoms with van der Waals surface area (Å²) in [7, 11) is 1.38. The molecule has 1 saturated heterocycles. The number of nitrogens with zero attached hydrogens (tertiary/aromatic N) is 2. The Morgan fingerprint density at radius 3 is 3.30 bits per heavy atom. The van der Waals surface area contributed by atoms with Crippen molar-refractivity contribution in [3.8, 4) is 5.69 Å². The zero-order valence-electron chi connectivity index (χ0n) is 11.0. The van der Waals surface area contributed by atoms with Crippen molar-refractivity contribution in [3.63, 3.8) is 0 Å². The first-order chi connectivity index (χ1) is 9.81. The van der Waals surface area contributed by atoms with Crippen molar-refractivity contribution in [2.24, 2.45) is 0 Å². The van der Waals surface area contributed by atoms with Gasteiger partial charge in [0.1, 0.15) is 11.0 Å². The molecule has 0 amide bonds. The van der Waals surface area contributed by atoms with Crippen LogP contribution in [0.15, 0.2) is 24.0 Å². The number of morpholine rings is 1. The highest BCUT2D eigenvalue weighted by Crippen LogP contribution is 2.27. The molecule has 0 aromatic carbocycles. The molecule has 1 aliphatic rings. The highest BCUT2D eigenvalue weighted by atomic mass is 32.1. The SMILES string of the molecule is COC(=O)c1sccc1-n1cncc1C1CNCCO1. The van der Waals surface area contributed by atoms with Gasteiger partial charge in [0.05, 0.1) is 37.6 Å². The minimum absolute atomic E-state index is 0.0587. The van der Waals surface area contributed by atoms with E-state index >= 15 is 0 Å². The lowest BCUT2D eigenvalue weighted by molar-refractivity contribution is 0.0240. The third-order valence-corrected chi connectivity index (χ3v) is 4.08. The molecule has 1 unspecified atom stereocenters. The van der Waals surface area contributed by atoms with E-state index in [1.807, 2.05) is 16.0 Å². The summed E-state index contributed by atoms with van der Waals surface area (Å²) in [5.41, 5.74) is 1.71. The van der Waals surface area contributed by atoms with E-state index in [-0.39, 0.29) is 12.1 Å². The molecule has 2 aromatic rings. The van der Waals surface area contributed by atoms with Gasteiger partial charge in [0, 0.05) is 13.1 Å². The van der Waals surface area contributed by atoms with Crippen LogP contribution in [-0.4, -0.2) is 42.3 Å². The molecule has 0 radical (unpaired) electrons. The molecule has 1 N–H and O–H groups in total. The van der Waals surface area contributed by atoms with Gasteiger partial charge in [0.25, 0.3) is 0 Å². The fraction of sp³-hybridized carbons (Fsp3) is 0.385. The lowest BCUT2D eigenvalue weighted by Crippen LogP contribution is -2.34. The van der Waals surface area contributed by atoms with Crippen LogP contribution in [-0.2, 0) is 9.47 Å². The second kappa shape index (κ2) is 5.74. The predicted molar refractivity (Wildman–Crippen MR) is 74.3 cm³/mol. The summed E-state index contributed by atoms with van der Waals surface area (Å²) in [5, 5.41) is 5.16. The molecular weight excluding hydrogens is 278 g/mol. The van der Waals surface area contributed by atoms with Crippen molar-refractivity contribution in [2.45, 2.75) is 6.10 Å². The minimum Gasteiger partial charge on any atom is -0.465 e. The number of hydrogen-bond acceptors (Lipinski definition) is 6. The summed E-state index contributed by atoms with van der Waals surface area (Å²) in [4.78, 5) is 16.5. The number of aromatic nitrogens is 2. The molecule has 7 heteroatoms. The zero-order valence-corrected chi connectivity index (χ0v) is 11.9. The molecule has 20 heavy (non-hydrogen) atoms. The Morgan fingerprint density at radius 2 is 2.55 bits per heavy atom. The number of ether oxygens (including phenoxy) is 2. The van der Waals surface area contributed by atoms with Crippen LogP contribution in [0.4, 0.5) is 0 Å². The van der Waals surface area contributed by atoms with Crippen molar-refractivity contribution in [1.29, 1.82) is 0 Å². The number of methoxy groups -OCH3 is 1. The predicted octanol–water partition coefficient (Wildman–Crippen LogP) is 1.38. The average Bonchev–Trinajstić information content (AvgIpc) is 3.15. The normalized spacial score (nSPS) is 18.9. The van der Waals surface area contributed by atoms with E-state index in [4.69, 9.17) is 9.47 Å². The number of carbonyl (C=O) groups is 1. The standard InChI is InChI=1S/C13H15N3O3S/c1-18-13(17)12-9(2-5-20-12)16-8-15-6-10(16)11-7-14-3-4-19-11/h2,5-6,8,11,14H,3-4,7H2,1H3. The molecule has 2 aromatic heterocycles. The van der Waals surface area contributed by atoms with Crippen LogP contribution in [0.2, 0.25) is 0 Å². The first-order valence-corrected chi connectivity index (χ1v) is 7.20. The lowest BCUT2D eigenvalue weighted by atomic mass is 10.2. The highest BCUT2D eigenvalue weighted by molar-refractivity contribution is 7.12. The van der Waals surface area contributed by atoms with E-state index in [2.05, 4.69) is 10.3 Å². The number of carbonyl (C=O) groups excluding carboxylic acids is 1. The van der Waals surface area contributed by atoms with Gasteiger partial charge in [-0.15, -0.1) is 11.3 Å². The van der Waals surface area contributed by atoms with Crippen molar-refractivity contribution in [1.82, 2.24) is 14.9 Å². The second-order valence-corrected chi connectivity index (χ2v) is 5.29. The maximum Gasteiger partial charge on any atom is 0.350 e. The van der Waals surface area contributed by atoms with Crippen LogP contribution in [0, 0.1) is 0 Å². The Hall–Kier alpha value is -1.70. The van der Waals surface area contributed by atoms with E-state index in [0.29, 0.717) is 11.5 Å². The number of nitrogens with one attached hydrogen (secondary N) is 1. The molecule has 3 rings (SSSR count). The van der Waals surface area contributed by atoms with Crippen molar-refractivity contribution < 1.29 is 14.3 Å². The van der Waals surface area contributed by atoms with Gasteiger partial charge in [0.2, 0.25) is 0 Å². The van der Waals surface area contributed by atoms with Crippen LogP contribution in [0.1, 0.15) is 21.5 Å². The van der Waals surface area contributed by atoms with Crippen LogP contribution < -0.4 is 5.32 Å². The smallest absolute Gasteiger partial charge is 0.350 e. The minimum atomic E-state index is -0.336. The lowest BCUT2D eigenvalue weighted by Gasteiger charge is -2.24. The molecule has 1 fully saturated rings. The molecular formula is C13H15N3O3S. The Kier molecular flexibility index (Phi) is 3.81. The third kappa shape index (κ3) is 2.35. The Morgan fingerprint density at radius 1 is 1.65 bits per heavy atom. The number of hydrogen-bond donors (Lipinski definition) is 1. The Balaban J connectivity index is 1.97. The Labute approximate surface area is 120 Å². The number of esters is 1. The van der Waals surface area contributed by atoms with Crippen LogP contribution >= 0.6 is 11.3 Å². The molecule has 3 heterocycles. The van der Waals surface area contributed by atoms with Crippen molar-refractivity contribution >= 4 is 17.3 Å².